The molecule has 1 aliphatic heterocycles. The molecule has 0 spiro atoms. The van der Waals surface area contributed by atoms with Gasteiger partial charge in [-0.05, 0) is 44.6 Å². The van der Waals surface area contributed by atoms with Crippen LogP contribution >= 0.6 is 0 Å². The number of aromatic amines is 1. The molecular formula is C25H29FN6O. The quantitative estimate of drug-likeness (QED) is 0.654. The molecule has 3 aromatic rings. The lowest BCUT2D eigenvalue weighted by Crippen LogP contribution is -2.40. The van der Waals surface area contributed by atoms with E-state index in [1.54, 1.807) is 18.3 Å². The topological polar surface area (TPSA) is 78.0 Å². The Morgan fingerprint density at radius 2 is 1.97 bits per heavy atom. The van der Waals surface area contributed by atoms with Crippen LogP contribution in [0.4, 0.5) is 10.3 Å². The van der Waals surface area contributed by atoms with E-state index < -0.39 is 0 Å². The van der Waals surface area contributed by atoms with Gasteiger partial charge in [-0.3, -0.25) is 9.89 Å². The molecule has 1 N–H and O–H groups in total. The van der Waals surface area contributed by atoms with Crippen molar-refractivity contribution < 1.29 is 9.18 Å². The van der Waals surface area contributed by atoms with E-state index in [0.717, 1.165) is 55.5 Å². The fourth-order valence-corrected chi connectivity index (χ4v) is 4.99. The van der Waals surface area contributed by atoms with Gasteiger partial charge in [0.25, 0.3) is 5.91 Å². The van der Waals surface area contributed by atoms with E-state index in [0.29, 0.717) is 35.9 Å². The molecule has 33 heavy (non-hydrogen) atoms. The number of hydrogen-bond donors (Lipinski definition) is 1. The zero-order valence-electron chi connectivity index (χ0n) is 19.1. The van der Waals surface area contributed by atoms with E-state index in [-0.39, 0.29) is 17.6 Å². The zero-order chi connectivity index (χ0) is 22.9. The van der Waals surface area contributed by atoms with Crippen molar-refractivity contribution in [2.45, 2.75) is 44.4 Å². The van der Waals surface area contributed by atoms with Gasteiger partial charge >= 0.3 is 0 Å². The molecule has 2 aromatic heterocycles. The van der Waals surface area contributed by atoms with Gasteiger partial charge in [-0.1, -0.05) is 18.2 Å². The van der Waals surface area contributed by atoms with Crippen molar-refractivity contribution in [3.8, 4) is 11.1 Å². The van der Waals surface area contributed by atoms with Crippen molar-refractivity contribution in [2.24, 2.45) is 0 Å². The standard InChI is InChI=1S/C25H29FN6O/c1-31(2)25-27-14-19(17-9-3-5-11-20(17)26)22(28-25)16-8-7-13-32(15-16)24(33)23-18-10-4-6-12-21(18)29-30-23/h3,5,9,11,14,16H,4,6-8,10,12-13,15H2,1-2H3,(H,29,30)/t16-/m0/s1. The van der Waals surface area contributed by atoms with Crippen LogP contribution in [0, 0.1) is 5.82 Å². The summed E-state index contributed by atoms with van der Waals surface area (Å²) in [6.45, 7) is 1.23. The van der Waals surface area contributed by atoms with Gasteiger partial charge in [0.2, 0.25) is 5.95 Å². The second-order valence-electron chi connectivity index (χ2n) is 9.17. The largest absolute Gasteiger partial charge is 0.347 e. The number of halogens is 1. The lowest BCUT2D eigenvalue weighted by Gasteiger charge is -2.33. The highest BCUT2D eigenvalue weighted by molar-refractivity contribution is 5.94. The number of piperidine rings is 1. The number of rotatable bonds is 4. The number of nitrogens with one attached hydrogen (secondary N) is 1. The maximum Gasteiger partial charge on any atom is 0.274 e. The molecule has 1 amide bonds. The van der Waals surface area contributed by atoms with Crippen molar-refractivity contribution in [3.63, 3.8) is 0 Å². The minimum atomic E-state index is -0.299. The van der Waals surface area contributed by atoms with Crippen LogP contribution in [0.5, 0.6) is 0 Å². The van der Waals surface area contributed by atoms with E-state index in [4.69, 9.17) is 4.98 Å². The second kappa shape index (κ2) is 8.92. The Balaban J connectivity index is 1.48. The molecule has 1 atom stereocenters. The Labute approximate surface area is 193 Å². The minimum absolute atomic E-state index is 0.00576. The number of anilines is 1. The van der Waals surface area contributed by atoms with Gasteiger partial charge in [0, 0.05) is 61.7 Å². The number of amides is 1. The molecule has 1 saturated heterocycles. The Morgan fingerprint density at radius 3 is 2.79 bits per heavy atom. The van der Waals surface area contributed by atoms with Crippen LogP contribution in [0.15, 0.2) is 30.5 Å². The maximum absolute atomic E-state index is 14.7. The van der Waals surface area contributed by atoms with E-state index in [1.807, 2.05) is 30.0 Å². The minimum Gasteiger partial charge on any atom is -0.347 e. The van der Waals surface area contributed by atoms with Crippen LogP contribution < -0.4 is 4.90 Å². The number of carbonyl (C=O) groups is 1. The molecule has 0 bridgehead atoms. The molecule has 1 aliphatic carbocycles. The summed E-state index contributed by atoms with van der Waals surface area (Å²) < 4.78 is 14.7. The Morgan fingerprint density at radius 1 is 1.15 bits per heavy atom. The Kier molecular flexibility index (Phi) is 5.83. The summed E-state index contributed by atoms with van der Waals surface area (Å²) in [4.78, 5) is 26.4. The third kappa shape index (κ3) is 4.10. The van der Waals surface area contributed by atoms with Crippen LogP contribution in [0.2, 0.25) is 0 Å². The molecule has 172 valence electrons. The van der Waals surface area contributed by atoms with Gasteiger partial charge in [-0.2, -0.15) is 5.10 Å². The zero-order valence-corrected chi connectivity index (χ0v) is 19.1. The van der Waals surface area contributed by atoms with E-state index in [1.165, 1.54) is 6.07 Å². The molecule has 8 heteroatoms. The molecule has 0 saturated carbocycles. The third-order valence-electron chi connectivity index (χ3n) is 6.72. The van der Waals surface area contributed by atoms with E-state index >= 15 is 0 Å². The number of aryl methyl sites for hydroxylation is 1. The van der Waals surface area contributed by atoms with Crippen LogP contribution in [0.25, 0.3) is 11.1 Å². The summed E-state index contributed by atoms with van der Waals surface area (Å²) in [5.41, 5.74) is 4.72. The predicted molar refractivity (Wildman–Crippen MR) is 125 cm³/mol. The molecule has 3 heterocycles. The van der Waals surface area contributed by atoms with Crippen molar-refractivity contribution in [3.05, 3.63) is 58.9 Å². The lowest BCUT2D eigenvalue weighted by atomic mass is 9.89. The average molecular weight is 449 g/mol. The van der Waals surface area contributed by atoms with Crippen molar-refractivity contribution >= 4 is 11.9 Å². The third-order valence-corrected chi connectivity index (χ3v) is 6.72. The first kappa shape index (κ1) is 21.6. The van der Waals surface area contributed by atoms with E-state index in [2.05, 4.69) is 15.2 Å². The predicted octanol–water partition coefficient (Wildman–Crippen LogP) is 3.97. The van der Waals surface area contributed by atoms with Crippen LogP contribution in [0.3, 0.4) is 0 Å². The summed E-state index contributed by atoms with van der Waals surface area (Å²) in [6, 6.07) is 6.71. The first-order valence-corrected chi connectivity index (χ1v) is 11.7. The molecule has 2 aliphatic rings. The molecule has 1 aromatic carbocycles. The molecule has 7 nitrogen and oxygen atoms in total. The normalized spacial score (nSPS) is 18.2. The number of nitrogens with zero attached hydrogens (tertiary/aromatic N) is 5. The number of H-pyrrole nitrogens is 1. The fraction of sp³-hybridized carbons (Fsp3) is 0.440. The van der Waals surface area contributed by atoms with Crippen LogP contribution in [-0.4, -0.2) is 58.2 Å². The van der Waals surface area contributed by atoms with Gasteiger partial charge in [0.1, 0.15) is 5.82 Å². The molecule has 5 rings (SSSR count). The van der Waals surface area contributed by atoms with Gasteiger partial charge in [-0.15, -0.1) is 0 Å². The Hall–Kier alpha value is -3.29. The summed E-state index contributed by atoms with van der Waals surface area (Å²) in [7, 11) is 3.78. The van der Waals surface area contributed by atoms with Gasteiger partial charge in [0.15, 0.2) is 5.69 Å². The van der Waals surface area contributed by atoms with Crippen molar-refractivity contribution in [2.75, 3.05) is 32.1 Å². The summed E-state index contributed by atoms with van der Waals surface area (Å²) in [5.74, 6) is 0.254. The first-order valence-electron chi connectivity index (χ1n) is 11.7. The smallest absolute Gasteiger partial charge is 0.274 e. The summed E-state index contributed by atoms with van der Waals surface area (Å²) in [6.07, 6.45) is 7.54. The van der Waals surface area contributed by atoms with Crippen molar-refractivity contribution in [1.29, 1.82) is 0 Å². The monoisotopic (exact) mass is 448 g/mol. The summed E-state index contributed by atoms with van der Waals surface area (Å²) in [5, 5.41) is 7.47. The second-order valence-corrected chi connectivity index (χ2v) is 9.17. The van der Waals surface area contributed by atoms with Crippen LogP contribution in [0.1, 0.15) is 59.0 Å². The van der Waals surface area contributed by atoms with Gasteiger partial charge in [-0.25, -0.2) is 14.4 Å². The first-order chi connectivity index (χ1) is 16.0. The summed E-state index contributed by atoms with van der Waals surface area (Å²) >= 11 is 0. The van der Waals surface area contributed by atoms with Gasteiger partial charge < -0.3 is 9.80 Å². The number of fused-ring (bicyclic) bond motifs is 1. The van der Waals surface area contributed by atoms with Crippen LogP contribution in [-0.2, 0) is 12.8 Å². The highest BCUT2D eigenvalue weighted by Gasteiger charge is 2.32. The molecular weight excluding hydrogens is 419 g/mol. The maximum atomic E-state index is 14.7. The average Bonchev–Trinajstić information content (AvgIpc) is 3.28. The molecule has 1 fully saturated rings. The SMILES string of the molecule is CN(C)c1ncc(-c2ccccc2F)c([C@H]2CCCN(C(=O)c3n[nH]c4c3CCCC4)C2)n1. The molecule has 0 unspecified atom stereocenters. The Bertz CT molecular complexity index is 1170. The van der Waals surface area contributed by atoms with Gasteiger partial charge in [0.05, 0.1) is 5.69 Å². The van der Waals surface area contributed by atoms with E-state index in [9.17, 15) is 9.18 Å². The highest BCUT2D eigenvalue weighted by Crippen LogP contribution is 2.35. The fourth-order valence-electron chi connectivity index (χ4n) is 4.99. The lowest BCUT2D eigenvalue weighted by molar-refractivity contribution is 0.0698. The number of hydrogen-bond acceptors (Lipinski definition) is 5. The van der Waals surface area contributed by atoms with Crippen molar-refractivity contribution in [1.82, 2.24) is 25.1 Å². The number of aromatic nitrogens is 4. The highest BCUT2D eigenvalue weighted by atomic mass is 19.1. The number of carbonyl (C=O) groups excluding carboxylic acids is 1. The number of likely N-dealkylation sites (tertiary alicyclic amines) is 1. The molecule has 0 radical (unpaired) electrons. The number of benzene rings is 1.